The zero-order valence-corrected chi connectivity index (χ0v) is 7.90. The van der Waals surface area contributed by atoms with E-state index in [1.54, 1.807) is 24.3 Å². The molecule has 0 unspecified atom stereocenters. The molecular formula is C8H7N3O2S. The van der Waals surface area contributed by atoms with Crippen molar-refractivity contribution in [3.63, 3.8) is 0 Å². The van der Waals surface area contributed by atoms with Crippen molar-refractivity contribution in [2.75, 3.05) is 0 Å². The molecule has 0 fully saturated rings. The predicted molar refractivity (Wildman–Crippen MR) is 51.3 cm³/mol. The first-order valence-electron chi connectivity index (χ1n) is 3.84. The second-order valence-corrected chi connectivity index (χ2v) is 4.29. The van der Waals surface area contributed by atoms with Crippen molar-refractivity contribution in [3.8, 4) is 0 Å². The molecule has 0 aromatic heterocycles. The molecule has 1 aliphatic rings. The van der Waals surface area contributed by atoms with Gasteiger partial charge in [0.2, 0.25) is 0 Å². The Morgan fingerprint density at radius 2 is 1.79 bits per heavy atom. The summed E-state index contributed by atoms with van der Waals surface area (Å²) < 4.78 is 25.3. The Balaban J connectivity index is 2.59. The molecule has 0 spiro atoms. The lowest BCUT2D eigenvalue weighted by Gasteiger charge is -1.97. The fraction of sp³-hybridized carbons (Fsp3) is 0. The van der Waals surface area contributed by atoms with Crippen LogP contribution in [0.1, 0.15) is 5.56 Å². The number of rotatable bonds is 1. The average Bonchev–Trinajstić information content (AvgIpc) is 2.44. The van der Waals surface area contributed by atoms with Gasteiger partial charge in [-0.25, -0.2) is 0 Å². The molecule has 14 heavy (non-hydrogen) atoms. The molecule has 0 atom stereocenters. The summed E-state index contributed by atoms with van der Waals surface area (Å²) in [7, 11) is -3.71. The average molecular weight is 209 g/mol. The van der Waals surface area contributed by atoms with Crippen molar-refractivity contribution in [2.24, 2.45) is 15.4 Å². The molecule has 72 valence electrons. The van der Waals surface area contributed by atoms with Gasteiger partial charge in [-0.15, -0.1) is 5.11 Å². The fourth-order valence-electron chi connectivity index (χ4n) is 1.11. The van der Waals surface area contributed by atoms with Crippen LogP contribution in [-0.2, 0) is 10.0 Å². The summed E-state index contributed by atoms with van der Waals surface area (Å²) in [5.74, 6) is 0. The maximum absolute atomic E-state index is 11.1. The first kappa shape index (κ1) is 8.89. The van der Waals surface area contributed by atoms with Gasteiger partial charge in [-0.1, -0.05) is 34.9 Å². The second kappa shape index (κ2) is 2.91. The van der Waals surface area contributed by atoms with Crippen LogP contribution in [0.5, 0.6) is 0 Å². The Kier molecular flexibility index (Phi) is 1.85. The molecule has 6 heteroatoms. The summed E-state index contributed by atoms with van der Waals surface area (Å²) in [5, 5.41) is 3.24. The third-order valence-electron chi connectivity index (χ3n) is 1.81. The van der Waals surface area contributed by atoms with E-state index in [0.717, 1.165) is 0 Å². The lowest BCUT2D eigenvalue weighted by Crippen LogP contribution is -2.07. The van der Waals surface area contributed by atoms with E-state index in [0.29, 0.717) is 5.56 Å². The van der Waals surface area contributed by atoms with Crippen LogP contribution in [0.15, 0.2) is 45.0 Å². The monoisotopic (exact) mass is 209 g/mol. The van der Waals surface area contributed by atoms with E-state index in [9.17, 15) is 8.42 Å². The van der Waals surface area contributed by atoms with E-state index in [4.69, 9.17) is 5.73 Å². The van der Waals surface area contributed by atoms with Crippen molar-refractivity contribution in [1.82, 2.24) is 0 Å². The highest BCUT2D eigenvalue weighted by molar-refractivity contribution is 7.94. The highest BCUT2D eigenvalue weighted by Crippen LogP contribution is 2.27. The summed E-state index contributed by atoms with van der Waals surface area (Å²) in [6, 6.07) is 8.82. The van der Waals surface area contributed by atoms with Crippen LogP contribution in [0.4, 0.5) is 0 Å². The molecule has 0 saturated carbocycles. The third-order valence-corrected chi connectivity index (χ3v) is 2.85. The van der Waals surface area contributed by atoms with Crippen LogP contribution in [0.25, 0.3) is 5.70 Å². The van der Waals surface area contributed by atoms with Crippen LogP contribution in [0, 0.1) is 0 Å². The minimum absolute atomic E-state index is 0.214. The van der Waals surface area contributed by atoms with Crippen molar-refractivity contribution >= 4 is 15.7 Å². The van der Waals surface area contributed by atoms with Gasteiger partial charge in [0, 0.05) is 5.56 Å². The van der Waals surface area contributed by atoms with Gasteiger partial charge in [-0.3, -0.25) is 0 Å². The Bertz CT molecular complexity index is 517. The minimum atomic E-state index is -3.71. The van der Waals surface area contributed by atoms with E-state index in [-0.39, 0.29) is 10.7 Å². The minimum Gasteiger partial charge on any atom is -0.386 e. The first-order chi connectivity index (χ1) is 6.61. The molecule has 0 radical (unpaired) electrons. The molecule has 2 N–H and O–H groups in total. The van der Waals surface area contributed by atoms with E-state index in [2.05, 4.69) is 9.63 Å². The third kappa shape index (κ3) is 1.29. The molecule has 5 nitrogen and oxygen atoms in total. The van der Waals surface area contributed by atoms with Gasteiger partial charge in [0.05, 0.1) is 0 Å². The first-order valence-corrected chi connectivity index (χ1v) is 5.28. The van der Waals surface area contributed by atoms with Crippen LogP contribution >= 0.6 is 0 Å². The summed E-state index contributed by atoms with van der Waals surface area (Å²) in [5.41, 5.74) is 6.25. The Hall–Kier alpha value is -1.69. The molecule has 1 aromatic carbocycles. The molecule has 1 aromatic rings. The summed E-state index contributed by atoms with van der Waals surface area (Å²) in [4.78, 5) is 0. The molecule has 1 heterocycles. The lowest BCUT2D eigenvalue weighted by molar-refractivity contribution is 0.603. The highest BCUT2D eigenvalue weighted by Gasteiger charge is 2.25. The van der Waals surface area contributed by atoms with Gasteiger partial charge in [-0.2, -0.15) is 8.42 Å². The van der Waals surface area contributed by atoms with Gasteiger partial charge in [0.15, 0.2) is 5.03 Å². The largest absolute Gasteiger partial charge is 0.386 e. The molecular weight excluding hydrogens is 202 g/mol. The van der Waals surface area contributed by atoms with E-state index < -0.39 is 10.0 Å². The quantitative estimate of drug-likeness (QED) is 0.750. The highest BCUT2D eigenvalue weighted by atomic mass is 32.2. The van der Waals surface area contributed by atoms with Crippen LogP contribution in [-0.4, -0.2) is 8.42 Å². The van der Waals surface area contributed by atoms with Gasteiger partial charge in [0.25, 0.3) is 0 Å². The van der Waals surface area contributed by atoms with Crippen molar-refractivity contribution in [3.05, 3.63) is 40.9 Å². The van der Waals surface area contributed by atoms with Gasteiger partial charge < -0.3 is 5.73 Å². The topological polar surface area (TPSA) is 84.9 Å². The maximum atomic E-state index is 11.1. The van der Waals surface area contributed by atoms with E-state index in [1.807, 2.05) is 6.07 Å². The number of benzene rings is 1. The summed E-state index contributed by atoms with van der Waals surface area (Å²) >= 11 is 0. The van der Waals surface area contributed by atoms with Gasteiger partial charge in [0.1, 0.15) is 5.70 Å². The smallest absolute Gasteiger partial charge is 0.316 e. The van der Waals surface area contributed by atoms with Gasteiger partial charge >= 0.3 is 10.0 Å². The number of hydrogen-bond acceptors (Lipinski definition) is 4. The number of nitrogens with two attached hydrogens (primary N) is 1. The standard InChI is InChI=1S/C8H7N3O2S/c9-8-7(10-11-14(8,12)13)6-4-2-1-3-5-6/h1-5H,9H2. The van der Waals surface area contributed by atoms with Crippen molar-refractivity contribution in [1.29, 1.82) is 0 Å². The summed E-state index contributed by atoms with van der Waals surface area (Å²) in [6.07, 6.45) is 0. The van der Waals surface area contributed by atoms with E-state index in [1.165, 1.54) is 0 Å². The maximum Gasteiger partial charge on any atom is 0.316 e. The van der Waals surface area contributed by atoms with Crippen molar-refractivity contribution < 1.29 is 8.42 Å². The number of sulfonamides is 1. The Morgan fingerprint density at radius 1 is 1.14 bits per heavy atom. The zero-order valence-electron chi connectivity index (χ0n) is 7.08. The fourth-order valence-corrected chi connectivity index (χ4v) is 1.79. The van der Waals surface area contributed by atoms with E-state index >= 15 is 0 Å². The van der Waals surface area contributed by atoms with Crippen LogP contribution in [0.3, 0.4) is 0 Å². The zero-order chi connectivity index (χ0) is 10.2. The van der Waals surface area contributed by atoms with Crippen molar-refractivity contribution in [2.45, 2.75) is 0 Å². The molecule has 2 rings (SSSR count). The SMILES string of the molecule is NC1=C(c2ccccc2)N=NS1(=O)=O. The predicted octanol–water partition coefficient (Wildman–Crippen LogP) is 1.07. The Morgan fingerprint density at radius 3 is 2.29 bits per heavy atom. The second-order valence-electron chi connectivity index (χ2n) is 2.74. The number of hydrogen-bond donors (Lipinski definition) is 1. The normalized spacial score (nSPS) is 18.9. The molecule has 1 aliphatic heterocycles. The van der Waals surface area contributed by atoms with Crippen LogP contribution in [0.2, 0.25) is 0 Å². The lowest BCUT2D eigenvalue weighted by atomic mass is 10.2. The molecule has 0 aliphatic carbocycles. The Labute approximate surface area is 81.0 Å². The van der Waals surface area contributed by atoms with Gasteiger partial charge in [-0.05, 0) is 0 Å². The summed E-state index contributed by atoms with van der Waals surface area (Å²) in [6.45, 7) is 0. The molecule has 0 amide bonds. The molecule has 0 saturated heterocycles. The number of nitrogens with zero attached hydrogens (tertiary/aromatic N) is 2. The molecule has 0 bridgehead atoms. The van der Waals surface area contributed by atoms with Crippen LogP contribution < -0.4 is 5.73 Å².